The van der Waals surface area contributed by atoms with Gasteiger partial charge in [-0.25, -0.2) is 0 Å². The molecule has 5 rings (SSSR count). The molecule has 0 unspecified atom stereocenters. The maximum absolute atomic E-state index is 13.4. The van der Waals surface area contributed by atoms with E-state index in [9.17, 15) is 14.7 Å². The van der Waals surface area contributed by atoms with E-state index in [0.717, 1.165) is 19.6 Å². The molecule has 1 amide bonds. The number of aliphatic hydroxyl groups is 1. The number of amides is 1. The van der Waals surface area contributed by atoms with E-state index < -0.39 is 17.7 Å². The number of benzene rings is 2. The van der Waals surface area contributed by atoms with E-state index in [4.69, 9.17) is 18.9 Å². The largest absolute Gasteiger partial charge is 0.507 e. The molecule has 2 fully saturated rings. The first kappa shape index (κ1) is 25.8. The number of ether oxygens (including phenoxy) is 4. The Labute approximate surface area is 221 Å². The van der Waals surface area contributed by atoms with Gasteiger partial charge in [0.05, 0.1) is 24.8 Å². The summed E-state index contributed by atoms with van der Waals surface area (Å²) in [5, 5.41) is 11.4. The van der Waals surface area contributed by atoms with Crippen molar-refractivity contribution in [2.45, 2.75) is 12.5 Å². The van der Waals surface area contributed by atoms with Gasteiger partial charge in [0.15, 0.2) is 11.5 Å². The van der Waals surface area contributed by atoms with Crippen molar-refractivity contribution in [1.29, 1.82) is 0 Å². The highest BCUT2D eigenvalue weighted by Crippen LogP contribution is 2.41. The van der Waals surface area contributed by atoms with Crippen LogP contribution in [0.4, 0.5) is 0 Å². The minimum absolute atomic E-state index is 0.0407. The third-order valence-electron chi connectivity index (χ3n) is 6.87. The summed E-state index contributed by atoms with van der Waals surface area (Å²) in [4.78, 5) is 30.5. The van der Waals surface area contributed by atoms with Crippen LogP contribution in [0.3, 0.4) is 0 Å². The third kappa shape index (κ3) is 5.39. The summed E-state index contributed by atoms with van der Waals surface area (Å²) in [6, 6.07) is 11.5. The zero-order valence-corrected chi connectivity index (χ0v) is 21.3. The lowest BCUT2D eigenvalue weighted by atomic mass is 9.95. The van der Waals surface area contributed by atoms with Gasteiger partial charge < -0.3 is 29.0 Å². The molecule has 3 heterocycles. The standard InChI is InChI=1S/C29H32N2O7/c1-2-13-36-22-6-3-5-20(18-22)26-25(27(32)21-7-8-23-24(19-21)38-17-16-37-23)28(33)29(34)31(26)10-4-9-30-11-14-35-15-12-30/h2-3,5-8,18-19,26,32H,1,4,9-17H2/b27-25+/t26-/m1/s1. The number of Topliss-reactive ketones (excluding diaryl/α,β-unsaturated/α-hetero) is 1. The normalized spacial score (nSPS) is 20.9. The van der Waals surface area contributed by atoms with E-state index in [-0.39, 0.29) is 11.3 Å². The number of ketones is 1. The molecule has 38 heavy (non-hydrogen) atoms. The lowest BCUT2D eigenvalue weighted by molar-refractivity contribution is -0.140. The first-order valence-electron chi connectivity index (χ1n) is 12.9. The van der Waals surface area contributed by atoms with Crippen molar-refractivity contribution in [1.82, 2.24) is 9.80 Å². The van der Waals surface area contributed by atoms with E-state index in [2.05, 4.69) is 11.5 Å². The molecule has 0 saturated carbocycles. The minimum atomic E-state index is -0.764. The average Bonchev–Trinajstić information content (AvgIpc) is 3.21. The Morgan fingerprint density at radius 1 is 1.03 bits per heavy atom. The summed E-state index contributed by atoms with van der Waals surface area (Å²) in [6.45, 7) is 9.05. The second-order valence-electron chi connectivity index (χ2n) is 9.33. The lowest BCUT2D eigenvalue weighted by Gasteiger charge is -2.29. The minimum Gasteiger partial charge on any atom is -0.507 e. The van der Waals surface area contributed by atoms with Crippen LogP contribution >= 0.6 is 0 Å². The van der Waals surface area contributed by atoms with Crippen LogP contribution < -0.4 is 14.2 Å². The maximum Gasteiger partial charge on any atom is 0.295 e. The molecule has 1 atom stereocenters. The molecular weight excluding hydrogens is 488 g/mol. The van der Waals surface area contributed by atoms with Gasteiger partial charge >= 0.3 is 0 Å². The van der Waals surface area contributed by atoms with Gasteiger partial charge in [0.2, 0.25) is 0 Å². The van der Waals surface area contributed by atoms with Crippen LogP contribution in [0.1, 0.15) is 23.6 Å². The molecule has 0 spiro atoms. The molecule has 3 aliphatic rings. The Morgan fingerprint density at radius 3 is 2.61 bits per heavy atom. The van der Waals surface area contributed by atoms with Crippen molar-refractivity contribution in [3.63, 3.8) is 0 Å². The van der Waals surface area contributed by atoms with Crippen molar-refractivity contribution in [2.75, 3.05) is 59.2 Å². The number of hydrogen-bond donors (Lipinski definition) is 1. The molecular formula is C29H32N2O7. The zero-order valence-electron chi connectivity index (χ0n) is 21.3. The first-order valence-corrected chi connectivity index (χ1v) is 12.9. The summed E-state index contributed by atoms with van der Waals surface area (Å²) in [5.41, 5.74) is 1.10. The quantitative estimate of drug-likeness (QED) is 0.233. The van der Waals surface area contributed by atoms with E-state index in [1.807, 2.05) is 12.1 Å². The fraction of sp³-hybridized carbons (Fsp3) is 0.379. The van der Waals surface area contributed by atoms with Crippen LogP contribution in [0.15, 0.2) is 60.7 Å². The number of carbonyl (C=O) groups excluding carboxylic acids is 2. The SMILES string of the molecule is C=CCOc1cccc([C@@H]2/C(=C(\O)c3ccc4c(c3)OCCO4)C(=O)C(=O)N2CCCN2CCOCC2)c1. The van der Waals surface area contributed by atoms with Crippen molar-refractivity contribution in [2.24, 2.45) is 0 Å². The second kappa shape index (κ2) is 11.7. The number of morpholine rings is 1. The molecule has 3 aliphatic heterocycles. The van der Waals surface area contributed by atoms with Crippen LogP contribution in [-0.2, 0) is 14.3 Å². The Bertz CT molecular complexity index is 1240. The molecule has 200 valence electrons. The Hall–Kier alpha value is -3.82. The van der Waals surface area contributed by atoms with Gasteiger partial charge in [-0.1, -0.05) is 24.8 Å². The molecule has 0 aliphatic carbocycles. The van der Waals surface area contributed by atoms with Crippen LogP contribution in [0, 0.1) is 0 Å². The molecule has 2 aromatic rings. The summed E-state index contributed by atoms with van der Waals surface area (Å²) in [7, 11) is 0. The van der Waals surface area contributed by atoms with E-state index in [0.29, 0.717) is 74.4 Å². The number of rotatable bonds is 9. The van der Waals surface area contributed by atoms with E-state index >= 15 is 0 Å². The summed E-state index contributed by atoms with van der Waals surface area (Å²) in [6.07, 6.45) is 2.33. The highest BCUT2D eigenvalue weighted by molar-refractivity contribution is 6.46. The van der Waals surface area contributed by atoms with Crippen LogP contribution in [0.25, 0.3) is 5.76 Å². The molecule has 2 aromatic carbocycles. The molecule has 0 aromatic heterocycles. The van der Waals surface area contributed by atoms with Gasteiger partial charge in [-0.2, -0.15) is 0 Å². The molecule has 0 bridgehead atoms. The Kier molecular flexibility index (Phi) is 7.95. The molecule has 1 N–H and O–H groups in total. The Balaban J connectivity index is 1.49. The summed E-state index contributed by atoms with van der Waals surface area (Å²) >= 11 is 0. The lowest BCUT2D eigenvalue weighted by Crippen LogP contribution is -2.38. The van der Waals surface area contributed by atoms with Gasteiger partial charge in [0, 0.05) is 31.7 Å². The monoisotopic (exact) mass is 520 g/mol. The van der Waals surface area contributed by atoms with Gasteiger partial charge in [-0.15, -0.1) is 0 Å². The molecule has 9 heteroatoms. The zero-order chi connectivity index (χ0) is 26.5. The van der Waals surface area contributed by atoms with Gasteiger partial charge in [0.1, 0.15) is 31.3 Å². The fourth-order valence-electron chi connectivity index (χ4n) is 5.02. The van der Waals surface area contributed by atoms with E-state index in [1.165, 1.54) is 0 Å². The van der Waals surface area contributed by atoms with Crippen molar-refractivity contribution < 1.29 is 33.6 Å². The van der Waals surface area contributed by atoms with Crippen LogP contribution in [-0.4, -0.2) is 85.8 Å². The highest BCUT2D eigenvalue weighted by Gasteiger charge is 2.46. The summed E-state index contributed by atoms with van der Waals surface area (Å²) < 4.78 is 22.4. The van der Waals surface area contributed by atoms with Crippen molar-refractivity contribution in [3.05, 3.63) is 71.8 Å². The third-order valence-corrected chi connectivity index (χ3v) is 6.87. The first-order chi connectivity index (χ1) is 18.6. The topological polar surface area (TPSA) is 97.8 Å². The number of carbonyl (C=O) groups is 2. The fourth-order valence-corrected chi connectivity index (χ4v) is 5.02. The predicted molar refractivity (Wildman–Crippen MR) is 140 cm³/mol. The smallest absolute Gasteiger partial charge is 0.295 e. The Morgan fingerprint density at radius 2 is 1.82 bits per heavy atom. The van der Waals surface area contributed by atoms with Crippen LogP contribution in [0.2, 0.25) is 0 Å². The predicted octanol–water partition coefficient (Wildman–Crippen LogP) is 3.17. The number of nitrogens with zero attached hydrogens (tertiary/aromatic N) is 2. The molecule has 2 saturated heterocycles. The van der Waals surface area contributed by atoms with Crippen molar-refractivity contribution >= 4 is 17.4 Å². The van der Waals surface area contributed by atoms with Crippen LogP contribution in [0.5, 0.6) is 17.2 Å². The van der Waals surface area contributed by atoms with Crippen molar-refractivity contribution in [3.8, 4) is 17.2 Å². The average molecular weight is 521 g/mol. The maximum atomic E-state index is 13.4. The number of fused-ring (bicyclic) bond motifs is 1. The van der Waals surface area contributed by atoms with Gasteiger partial charge in [-0.05, 0) is 42.3 Å². The summed E-state index contributed by atoms with van der Waals surface area (Å²) in [5.74, 6) is 0.0371. The molecule has 9 nitrogen and oxygen atoms in total. The second-order valence-corrected chi connectivity index (χ2v) is 9.33. The number of aliphatic hydroxyl groups excluding tert-OH is 1. The molecule has 0 radical (unpaired) electrons. The van der Waals surface area contributed by atoms with Gasteiger partial charge in [0.25, 0.3) is 11.7 Å². The number of hydrogen-bond acceptors (Lipinski definition) is 8. The highest BCUT2D eigenvalue weighted by atomic mass is 16.6. The van der Waals surface area contributed by atoms with Gasteiger partial charge in [-0.3, -0.25) is 14.5 Å². The number of likely N-dealkylation sites (tertiary alicyclic amines) is 1. The van der Waals surface area contributed by atoms with E-state index in [1.54, 1.807) is 41.3 Å².